The highest BCUT2D eigenvalue weighted by molar-refractivity contribution is 5.97. The number of nitrogens with one attached hydrogen (secondary N) is 1. The summed E-state index contributed by atoms with van der Waals surface area (Å²) in [4.78, 5) is 22.8. The Labute approximate surface area is 209 Å². The molecule has 2 aliphatic heterocycles. The van der Waals surface area contributed by atoms with E-state index in [0.29, 0.717) is 24.9 Å². The van der Waals surface area contributed by atoms with Crippen molar-refractivity contribution >= 4 is 11.6 Å². The van der Waals surface area contributed by atoms with Crippen molar-refractivity contribution in [1.82, 2.24) is 15.2 Å². The Bertz CT molecular complexity index is 1060. The molecule has 0 unspecified atom stereocenters. The van der Waals surface area contributed by atoms with E-state index in [4.69, 9.17) is 9.47 Å². The van der Waals surface area contributed by atoms with Crippen LogP contribution in [-0.4, -0.2) is 62.3 Å². The molecule has 0 radical (unpaired) electrons. The minimum absolute atomic E-state index is 0.0699. The summed E-state index contributed by atoms with van der Waals surface area (Å²) in [6.45, 7) is 8.57. The third-order valence-corrected chi connectivity index (χ3v) is 6.95. The average Bonchev–Trinajstić information content (AvgIpc) is 2.87. The van der Waals surface area contributed by atoms with Crippen molar-refractivity contribution in [2.75, 3.05) is 45.4 Å². The number of hydrogen-bond donors (Lipinski definition) is 1. The molecule has 0 spiro atoms. The van der Waals surface area contributed by atoms with Crippen LogP contribution >= 0.6 is 0 Å². The zero-order valence-electron chi connectivity index (χ0n) is 21.5. The number of aryl methyl sites for hydroxylation is 1. The van der Waals surface area contributed by atoms with Crippen molar-refractivity contribution in [3.8, 4) is 5.88 Å². The topological polar surface area (TPSA) is 66.9 Å². The van der Waals surface area contributed by atoms with Crippen LogP contribution in [0, 0.1) is 6.92 Å². The number of likely N-dealkylation sites (N-methyl/N-ethyl adjacent to an activating group) is 1. The van der Waals surface area contributed by atoms with E-state index in [2.05, 4.69) is 58.4 Å². The lowest BCUT2D eigenvalue weighted by Gasteiger charge is -2.37. The van der Waals surface area contributed by atoms with E-state index in [1.807, 2.05) is 19.1 Å². The van der Waals surface area contributed by atoms with Crippen LogP contribution in [0.4, 0.5) is 5.69 Å². The van der Waals surface area contributed by atoms with Gasteiger partial charge in [0.1, 0.15) is 0 Å². The van der Waals surface area contributed by atoms with E-state index in [0.717, 1.165) is 79.3 Å². The molecule has 0 saturated carbocycles. The van der Waals surface area contributed by atoms with Crippen molar-refractivity contribution in [2.24, 2.45) is 0 Å². The molecule has 7 heteroatoms. The molecule has 1 fully saturated rings. The molecule has 188 valence electrons. The number of rotatable bonds is 4. The summed E-state index contributed by atoms with van der Waals surface area (Å²) in [6.07, 6.45) is 7.12. The first kappa shape index (κ1) is 25.2. The molecule has 1 aromatic heterocycles. The van der Waals surface area contributed by atoms with Gasteiger partial charge in [-0.05, 0) is 69.5 Å². The summed E-state index contributed by atoms with van der Waals surface area (Å²) in [5.41, 5.74) is 5.90. The third-order valence-electron chi connectivity index (χ3n) is 6.95. The maximum atomic E-state index is 13.5. The Morgan fingerprint density at radius 2 is 2.03 bits per heavy atom. The highest BCUT2D eigenvalue weighted by atomic mass is 16.5. The van der Waals surface area contributed by atoms with Crippen LogP contribution in [0.5, 0.6) is 5.88 Å². The molecule has 1 aromatic carbocycles. The van der Waals surface area contributed by atoms with Crippen molar-refractivity contribution in [3.63, 3.8) is 0 Å². The lowest BCUT2D eigenvalue weighted by atomic mass is 9.97. The van der Waals surface area contributed by atoms with Gasteiger partial charge in [0.05, 0.1) is 7.11 Å². The van der Waals surface area contributed by atoms with Gasteiger partial charge < -0.3 is 19.7 Å². The van der Waals surface area contributed by atoms with Gasteiger partial charge in [-0.25, -0.2) is 4.98 Å². The van der Waals surface area contributed by atoms with E-state index in [1.165, 1.54) is 0 Å². The number of amides is 1. The predicted molar refractivity (Wildman–Crippen MR) is 139 cm³/mol. The van der Waals surface area contributed by atoms with Gasteiger partial charge in [0.25, 0.3) is 5.91 Å². The van der Waals surface area contributed by atoms with Crippen LogP contribution < -0.4 is 15.0 Å². The minimum Gasteiger partial charge on any atom is -0.481 e. The molecule has 0 bridgehead atoms. The van der Waals surface area contributed by atoms with Gasteiger partial charge in [0.2, 0.25) is 5.88 Å². The number of methoxy groups -OCH3 is 1. The van der Waals surface area contributed by atoms with Crippen LogP contribution in [0.15, 0.2) is 36.4 Å². The largest absolute Gasteiger partial charge is 0.481 e. The van der Waals surface area contributed by atoms with Crippen molar-refractivity contribution in [1.29, 1.82) is 0 Å². The number of carbonyl (C=O) groups excluding carboxylic acids is 1. The van der Waals surface area contributed by atoms with E-state index >= 15 is 0 Å². The number of benzene rings is 1. The van der Waals surface area contributed by atoms with Gasteiger partial charge in [-0.1, -0.05) is 18.2 Å². The predicted octanol–water partition coefficient (Wildman–Crippen LogP) is 3.88. The number of aromatic nitrogens is 1. The van der Waals surface area contributed by atoms with Gasteiger partial charge in [-0.3, -0.25) is 9.69 Å². The summed E-state index contributed by atoms with van der Waals surface area (Å²) < 4.78 is 11.2. The first-order chi connectivity index (χ1) is 17.0. The Hall–Kier alpha value is -2.90. The molecule has 4 rings (SSSR count). The molecule has 1 saturated heterocycles. The van der Waals surface area contributed by atoms with Crippen molar-refractivity contribution in [2.45, 2.75) is 52.2 Å². The van der Waals surface area contributed by atoms with Crippen LogP contribution in [0.1, 0.15) is 52.5 Å². The summed E-state index contributed by atoms with van der Waals surface area (Å²) in [5.74, 6) is 0.504. The SMILES string of the molecule is CCN(c1cccc2c1CC=CCN(C)Cc1cc(C)nc(OC)c1CNC2=O)C1CCOCC1. The highest BCUT2D eigenvalue weighted by Crippen LogP contribution is 2.30. The summed E-state index contributed by atoms with van der Waals surface area (Å²) in [7, 11) is 3.74. The van der Waals surface area contributed by atoms with Gasteiger partial charge in [0.15, 0.2) is 0 Å². The van der Waals surface area contributed by atoms with Gasteiger partial charge in [0, 0.05) is 67.9 Å². The summed E-state index contributed by atoms with van der Waals surface area (Å²) >= 11 is 0. The molecule has 35 heavy (non-hydrogen) atoms. The normalized spacial score (nSPS) is 17.9. The molecule has 0 atom stereocenters. The van der Waals surface area contributed by atoms with Gasteiger partial charge in [-0.2, -0.15) is 0 Å². The van der Waals surface area contributed by atoms with Crippen molar-refractivity contribution < 1.29 is 14.3 Å². The fourth-order valence-electron chi connectivity index (χ4n) is 5.20. The number of ether oxygens (including phenoxy) is 2. The Morgan fingerprint density at radius 3 is 2.77 bits per heavy atom. The lowest BCUT2D eigenvalue weighted by molar-refractivity contribution is 0.0845. The molecule has 1 amide bonds. The maximum absolute atomic E-state index is 13.5. The zero-order valence-corrected chi connectivity index (χ0v) is 21.5. The minimum atomic E-state index is -0.0699. The average molecular weight is 479 g/mol. The van der Waals surface area contributed by atoms with E-state index in [1.54, 1.807) is 7.11 Å². The molecule has 3 heterocycles. The second-order valence-corrected chi connectivity index (χ2v) is 9.40. The fourth-order valence-corrected chi connectivity index (χ4v) is 5.20. The van der Waals surface area contributed by atoms with Crippen molar-refractivity contribution in [3.05, 3.63) is 64.4 Å². The number of carbonyl (C=O) groups is 1. The Balaban J connectivity index is 1.73. The van der Waals surface area contributed by atoms with E-state index < -0.39 is 0 Å². The molecular formula is C28H38N4O3. The maximum Gasteiger partial charge on any atom is 0.251 e. The smallest absolute Gasteiger partial charge is 0.251 e. The summed E-state index contributed by atoms with van der Waals surface area (Å²) in [5, 5.41) is 3.17. The molecule has 7 nitrogen and oxygen atoms in total. The number of hydrogen-bond acceptors (Lipinski definition) is 6. The number of nitrogens with zero attached hydrogens (tertiary/aromatic N) is 3. The quantitative estimate of drug-likeness (QED) is 0.673. The monoisotopic (exact) mass is 478 g/mol. The van der Waals surface area contributed by atoms with E-state index in [9.17, 15) is 4.79 Å². The molecule has 2 aliphatic rings. The molecule has 2 aromatic rings. The van der Waals surface area contributed by atoms with Crippen LogP contribution in [0.25, 0.3) is 0 Å². The van der Waals surface area contributed by atoms with Gasteiger partial charge in [-0.15, -0.1) is 0 Å². The second-order valence-electron chi connectivity index (χ2n) is 9.40. The molecular weight excluding hydrogens is 440 g/mol. The van der Waals surface area contributed by atoms with E-state index in [-0.39, 0.29) is 5.91 Å². The molecule has 1 N–H and O–H groups in total. The number of allylic oxidation sites excluding steroid dienone is 1. The van der Waals surface area contributed by atoms with Crippen LogP contribution in [0.2, 0.25) is 0 Å². The summed E-state index contributed by atoms with van der Waals surface area (Å²) in [6, 6.07) is 8.62. The lowest BCUT2D eigenvalue weighted by Crippen LogP contribution is -2.40. The number of fused-ring (bicyclic) bond motifs is 2. The standard InChI is InChI=1S/C28H38N4O3/c1-5-32(22-12-15-35-16-13-22)26-11-8-10-24-23(26)9-6-7-14-31(3)19-21-17-20(2)30-28(34-4)25(21)18-29-27(24)33/h6-8,10-11,17,22H,5,9,12-16,18-19H2,1-4H3,(H,29,33). The van der Waals surface area contributed by atoms with Crippen LogP contribution in [0.3, 0.4) is 0 Å². The first-order valence-corrected chi connectivity index (χ1v) is 12.6. The second kappa shape index (κ2) is 11.7. The highest BCUT2D eigenvalue weighted by Gasteiger charge is 2.25. The first-order valence-electron chi connectivity index (χ1n) is 12.6. The number of pyridine rings is 1. The van der Waals surface area contributed by atoms with Gasteiger partial charge >= 0.3 is 0 Å². The number of anilines is 1. The Morgan fingerprint density at radius 1 is 1.23 bits per heavy atom. The Kier molecular flexibility index (Phi) is 8.42. The third kappa shape index (κ3) is 5.85. The molecule has 0 aliphatic carbocycles. The van der Waals surface area contributed by atoms with Crippen LogP contribution in [-0.2, 0) is 24.2 Å². The zero-order chi connectivity index (χ0) is 24.8. The fraction of sp³-hybridized carbons (Fsp3) is 0.500.